The van der Waals surface area contributed by atoms with Crippen LogP contribution in [0.3, 0.4) is 0 Å². The van der Waals surface area contributed by atoms with E-state index in [1.54, 1.807) is 0 Å². The average Bonchev–Trinajstić information content (AvgIpc) is 2.56. The van der Waals surface area contributed by atoms with Gasteiger partial charge >= 0.3 is 0 Å². The smallest absolute Gasteiger partial charge is 0.0638 e. The zero-order valence-electron chi connectivity index (χ0n) is 11.8. The van der Waals surface area contributed by atoms with Crippen molar-refractivity contribution in [2.75, 3.05) is 20.1 Å². The van der Waals surface area contributed by atoms with Crippen LogP contribution >= 0.6 is 0 Å². The third-order valence-corrected chi connectivity index (χ3v) is 3.18. The van der Waals surface area contributed by atoms with E-state index in [4.69, 9.17) is 0 Å². The van der Waals surface area contributed by atoms with E-state index in [0.717, 1.165) is 25.3 Å². The van der Waals surface area contributed by atoms with E-state index in [1.807, 2.05) is 11.7 Å². The van der Waals surface area contributed by atoms with Crippen molar-refractivity contribution in [2.24, 2.45) is 7.05 Å². The van der Waals surface area contributed by atoms with E-state index in [1.165, 1.54) is 12.0 Å². The van der Waals surface area contributed by atoms with Crippen LogP contribution in [0.5, 0.6) is 0 Å². The van der Waals surface area contributed by atoms with Crippen molar-refractivity contribution >= 4 is 0 Å². The zero-order valence-corrected chi connectivity index (χ0v) is 11.8. The lowest BCUT2D eigenvalue weighted by Crippen LogP contribution is -2.29. The SMILES string of the molecule is Cc1nn(C)cc1CNCCCN(C)C(C)C. The first kappa shape index (κ1) is 14.2. The highest BCUT2D eigenvalue weighted by Crippen LogP contribution is 2.03. The zero-order chi connectivity index (χ0) is 12.8. The molecular formula is C13H26N4. The quantitative estimate of drug-likeness (QED) is 0.732. The van der Waals surface area contributed by atoms with E-state index in [2.05, 4.69) is 49.3 Å². The summed E-state index contributed by atoms with van der Waals surface area (Å²) in [5.74, 6) is 0. The second kappa shape index (κ2) is 6.77. The van der Waals surface area contributed by atoms with Gasteiger partial charge in [-0.25, -0.2) is 0 Å². The first-order valence-electron chi connectivity index (χ1n) is 6.40. The topological polar surface area (TPSA) is 33.1 Å². The number of aromatic nitrogens is 2. The summed E-state index contributed by atoms with van der Waals surface area (Å²) >= 11 is 0. The molecule has 17 heavy (non-hydrogen) atoms. The molecule has 0 fully saturated rings. The van der Waals surface area contributed by atoms with E-state index in [-0.39, 0.29) is 0 Å². The number of hydrogen-bond donors (Lipinski definition) is 1. The molecule has 0 saturated heterocycles. The Morgan fingerprint density at radius 1 is 1.47 bits per heavy atom. The third kappa shape index (κ3) is 4.88. The number of rotatable bonds is 7. The fourth-order valence-electron chi connectivity index (χ4n) is 1.76. The van der Waals surface area contributed by atoms with Crippen molar-refractivity contribution in [1.29, 1.82) is 0 Å². The van der Waals surface area contributed by atoms with E-state index in [0.29, 0.717) is 6.04 Å². The molecular weight excluding hydrogens is 212 g/mol. The van der Waals surface area contributed by atoms with Crippen LogP contribution in [0.25, 0.3) is 0 Å². The molecule has 1 rings (SSSR count). The van der Waals surface area contributed by atoms with E-state index in [9.17, 15) is 0 Å². The maximum atomic E-state index is 4.33. The first-order valence-corrected chi connectivity index (χ1v) is 6.40. The van der Waals surface area contributed by atoms with Gasteiger partial charge in [0.2, 0.25) is 0 Å². The fourth-order valence-corrected chi connectivity index (χ4v) is 1.76. The van der Waals surface area contributed by atoms with Gasteiger partial charge in [-0.2, -0.15) is 5.10 Å². The van der Waals surface area contributed by atoms with Gasteiger partial charge in [0.15, 0.2) is 0 Å². The maximum absolute atomic E-state index is 4.33. The Balaban J connectivity index is 2.14. The Morgan fingerprint density at radius 3 is 2.71 bits per heavy atom. The second-order valence-corrected chi connectivity index (χ2v) is 5.02. The minimum absolute atomic E-state index is 0.635. The van der Waals surface area contributed by atoms with Gasteiger partial charge in [0.25, 0.3) is 0 Å². The Kier molecular flexibility index (Phi) is 5.65. The highest BCUT2D eigenvalue weighted by molar-refractivity contribution is 5.14. The Bertz CT molecular complexity index is 330. The molecule has 0 spiro atoms. The van der Waals surface area contributed by atoms with Crippen LogP contribution in [0.2, 0.25) is 0 Å². The van der Waals surface area contributed by atoms with Crippen LogP contribution in [-0.2, 0) is 13.6 Å². The molecule has 0 bridgehead atoms. The van der Waals surface area contributed by atoms with Crippen molar-refractivity contribution in [1.82, 2.24) is 20.0 Å². The van der Waals surface area contributed by atoms with Gasteiger partial charge in [0, 0.05) is 31.4 Å². The summed E-state index contributed by atoms with van der Waals surface area (Å²) in [5, 5.41) is 7.80. The molecule has 4 heteroatoms. The highest BCUT2D eigenvalue weighted by atomic mass is 15.2. The molecule has 0 aromatic carbocycles. The van der Waals surface area contributed by atoms with Crippen molar-refractivity contribution in [3.8, 4) is 0 Å². The predicted molar refractivity (Wildman–Crippen MR) is 72.0 cm³/mol. The summed E-state index contributed by atoms with van der Waals surface area (Å²) in [5.41, 5.74) is 2.42. The first-order chi connectivity index (χ1) is 8.00. The molecule has 0 amide bonds. The van der Waals surface area contributed by atoms with Crippen LogP contribution in [-0.4, -0.2) is 40.9 Å². The monoisotopic (exact) mass is 238 g/mol. The molecule has 0 radical (unpaired) electrons. The Labute approximate surface area is 105 Å². The maximum Gasteiger partial charge on any atom is 0.0638 e. The predicted octanol–water partition coefficient (Wildman–Crippen LogP) is 1.55. The molecule has 0 aliphatic heterocycles. The van der Waals surface area contributed by atoms with E-state index >= 15 is 0 Å². The molecule has 98 valence electrons. The molecule has 1 aromatic rings. The van der Waals surface area contributed by atoms with Gasteiger partial charge in [0.1, 0.15) is 0 Å². The summed E-state index contributed by atoms with van der Waals surface area (Å²) in [7, 11) is 4.14. The Hall–Kier alpha value is -0.870. The molecule has 0 unspecified atom stereocenters. The van der Waals surface area contributed by atoms with Crippen LogP contribution in [0, 0.1) is 6.92 Å². The lowest BCUT2D eigenvalue weighted by Gasteiger charge is -2.20. The van der Waals surface area contributed by atoms with Crippen molar-refractivity contribution < 1.29 is 0 Å². The standard InChI is InChI=1S/C13H26N4/c1-11(2)16(4)8-6-7-14-9-13-10-17(5)15-12(13)3/h10-11,14H,6-9H2,1-5H3. The lowest BCUT2D eigenvalue weighted by molar-refractivity contribution is 0.269. The molecule has 1 aromatic heterocycles. The van der Waals surface area contributed by atoms with Gasteiger partial charge in [0.05, 0.1) is 5.69 Å². The van der Waals surface area contributed by atoms with Crippen LogP contribution in [0.4, 0.5) is 0 Å². The summed E-state index contributed by atoms with van der Waals surface area (Å²) in [6.07, 6.45) is 3.27. The second-order valence-electron chi connectivity index (χ2n) is 5.02. The lowest BCUT2D eigenvalue weighted by atomic mass is 10.2. The molecule has 0 aliphatic carbocycles. The van der Waals surface area contributed by atoms with Crippen molar-refractivity contribution in [2.45, 2.75) is 39.8 Å². The molecule has 0 atom stereocenters. The van der Waals surface area contributed by atoms with Gasteiger partial charge in [-0.3, -0.25) is 4.68 Å². The molecule has 0 aliphatic rings. The van der Waals surface area contributed by atoms with Crippen molar-refractivity contribution in [3.63, 3.8) is 0 Å². The summed E-state index contributed by atoms with van der Waals surface area (Å²) < 4.78 is 1.87. The number of nitrogens with zero attached hydrogens (tertiary/aromatic N) is 3. The Morgan fingerprint density at radius 2 is 2.18 bits per heavy atom. The summed E-state index contributed by atoms with van der Waals surface area (Å²) in [6, 6.07) is 0.635. The molecule has 0 saturated carbocycles. The third-order valence-electron chi connectivity index (χ3n) is 3.18. The van der Waals surface area contributed by atoms with Crippen LogP contribution in [0.1, 0.15) is 31.5 Å². The average molecular weight is 238 g/mol. The minimum atomic E-state index is 0.635. The van der Waals surface area contributed by atoms with Crippen LogP contribution in [0.15, 0.2) is 6.20 Å². The van der Waals surface area contributed by atoms with E-state index < -0.39 is 0 Å². The summed E-state index contributed by atoms with van der Waals surface area (Å²) in [4.78, 5) is 2.37. The highest BCUT2D eigenvalue weighted by Gasteiger charge is 2.03. The number of aryl methyl sites for hydroxylation is 2. The van der Waals surface area contributed by atoms with Crippen molar-refractivity contribution in [3.05, 3.63) is 17.5 Å². The van der Waals surface area contributed by atoms with Gasteiger partial charge in [-0.1, -0.05) is 0 Å². The minimum Gasteiger partial charge on any atom is -0.312 e. The molecule has 4 nitrogen and oxygen atoms in total. The normalized spacial score (nSPS) is 11.7. The number of hydrogen-bond acceptors (Lipinski definition) is 3. The molecule has 1 heterocycles. The fraction of sp³-hybridized carbons (Fsp3) is 0.769. The summed E-state index contributed by atoms with van der Waals surface area (Å²) in [6.45, 7) is 9.65. The van der Waals surface area contributed by atoms with Gasteiger partial charge < -0.3 is 10.2 Å². The van der Waals surface area contributed by atoms with Gasteiger partial charge in [-0.05, 0) is 47.3 Å². The van der Waals surface area contributed by atoms with Gasteiger partial charge in [-0.15, -0.1) is 0 Å². The molecule has 1 N–H and O–H groups in total. The number of nitrogens with one attached hydrogen (secondary N) is 1. The van der Waals surface area contributed by atoms with Crippen LogP contribution < -0.4 is 5.32 Å². The largest absolute Gasteiger partial charge is 0.312 e.